The van der Waals surface area contributed by atoms with Crippen LogP contribution < -0.4 is 4.74 Å². The third-order valence-corrected chi connectivity index (χ3v) is 4.15. The van der Waals surface area contributed by atoms with Crippen molar-refractivity contribution in [2.45, 2.75) is 12.5 Å². The molecule has 6 nitrogen and oxygen atoms in total. The number of nitrogens with zero attached hydrogens (tertiary/aromatic N) is 1. The molecule has 1 unspecified atom stereocenters. The number of hydrogen-bond donors (Lipinski definition) is 1. The Morgan fingerprint density at radius 3 is 2.76 bits per heavy atom. The fraction of sp³-hybridized carbons (Fsp3) is 0.125. The van der Waals surface area contributed by atoms with Crippen LogP contribution in [0.3, 0.4) is 0 Å². The first kappa shape index (κ1) is 20.3. The maximum atomic E-state index is 14.0. The predicted molar refractivity (Wildman–Crippen MR) is 89.5 cm³/mol. The molecular formula is C16H11ClFKNO5. The summed E-state index contributed by atoms with van der Waals surface area (Å²) in [4.78, 5) is 11.1. The Morgan fingerprint density at radius 2 is 2.08 bits per heavy atom. The quantitative estimate of drug-likeness (QED) is 0.677. The van der Waals surface area contributed by atoms with Crippen molar-refractivity contribution in [3.63, 3.8) is 0 Å². The van der Waals surface area contributed by atoms with Crippen LogP contribution >= 0.6 is 11.6 Å². The van der Waals surface area contributed by atoms with Crippen LogP contribution in [-0.4, -0.2) is 79.2 Å². The van der Waals surface area contributed by atoms with Gasteiger partial charge in [-0.3, -0.25) is 0 Å². The van der Waals surface area contributed by atoms with Crippen LogP contribution in [0.15, 0.2) is 34.9 Å². The SMILES string of the molecule is O.O=C(O)C1Cc2cc3c(-c4ccccc4F)noc3c(Cl)c2O1.[K]. The van der Waals surface area contributed by atoms with E-state index in [1.54, 1.807) is 24.3 Å². The van der Waals surface area contributed by atoms with Crippen molar-refractivity contribution in [2.24, 2.45) is 0 Å². The molecule has 1 radical (unpaired) electrons. The molecule has 1 aliphatic heterocycles. The van der Waals surface area contributed by atoms with Gasteiger partial charge in [0.1, 0.15) is 22.3 Å². The van der Waals surface area contributed by atoms with E-state index in [0.29, 0.717) is 16.6 Å². The van der Waals surface area contributed by atoms with Gasteiger partial charge in [-0.2, -0.15) is 0 Å². The number of hydrogen-bond acceptors (Lipinski definition) is 4. The zero-order valence-corrected chi connectivity index (χ0v) is 16.9. The van der Waals surface area contributed by atoms with E-state index < -0.39 is 17.9 Å². The number of carbonyl (C=O) groups is 1. The molecule has 0 spiro atoms. The summed E-state index contributed by atoms with van der Waals surface area (Å²) in [7, 11) is 0. The van der Waals surface area contributed by atoms with Crippen LogP contribution in [0.25, 0.3) is 22.2 Å². The zero-order chi connectivity index (χ0) is 16.1. The predicted octanol–water partition coefficient (Wildman–Crippen LogP) is 2.47. The van der Waals surface area contributed by atoms with E-state index in [2.05, 4.69) is 5.16 Å². The van der Waals surface area contributed by atoms with Crippen molar-refractivity contribution >= 4 is 79.9 Å². The minimum absolute atomic E-state index is 0. The van der Waals surface area contributed by atoms with Crippen LogP contribution in [0.1, 0.15) is 5.56 Å². The molecule has 4 rings (SSSR count). The summed E-state index contributed by atoms with van der Waals surface area (Å²) >= 11 is 6.25. The van der Waals surface area contributed by atoms with Gasteiger partial charge in [0.15, 0.2) is 11.7 Å². The van der Waals surface area contributed by atoms with Gasteiger partial charge in [-0.1, -0.05) is 28.9 Å². The number of halogens is 2. The average molecular weight is 391 g/mol. The van der Waals surface area contributed by atoms with E-state index in [0.717, 1.165) is 0 Å². The van der Waals surface area contributed by atoms with E-state index in [1.165, 1.54) is 6.07 Å². The zero-order valence-electron chi connectivity index (χ0n) is 13.0. The van der Waals surface area contributed by atoms with Gasteiger partial charge in [0.25, 0.3) is 0 Å². The molecule has 2 aromatic carbocycles. The molecule has 2 heterocycles. The molecule has 25 heavy (non-hydrogen) atoms. The van der Waals surface area contributed by atoms with Gasteiger partial charge >= 0.3 is 5.97 Å². The number of benzene rings is 2. The van der Waals surface area contributed by atoms with Crippen molar-refractivity contribution in [1.82, 2.24) is 5.16 Å². The van der Waals surface area contributed by atoms with Crippen molar-refractivity contribution in [3.8, 4) is 17.0 Å². The second-order valence-corrected chi connectivity index (χ2v) is 5.59. The van der Waals surface area contributed by atoms with E-state index in [4.69, 9.17) is 26.0 Å². The molecule has 1 aromatic heterocycles. The minimum Gasteiger partial charge on any atom is -0.478 e. The summed E-state index contributed by atoms with van der Waals surface area (Å²) in [6.45, 7) is 0. The molecule has 3 N–H and O–H groups in total. The molecule has 0 saturated heterocycles. The number of carboxylic acid groups (broad SMARTS) is 1. The Bertz CT molecular complexity index is 961. The monoisotopic (exact) mass is 390 g/mol. The third kappa shape index (κ3) is 3.35. The van der Waals surface area contributed by atoms with Crippen LogP contribution in [0, 0.1) is 5.82 Å². The van der Waals surface area contributed by atoms with E-state index in [1.807, 2.05) is 0 Å². The van der Waals surface area contributed by atoms with Crippen LogP contribution in [0.4, 0.5) is 4.39 Å². The molecule has 125 valence electrons. The summed E-state index contributed by atoms with van der Waals surface area (Å²) in [6.07, 6.45) is -0.804. The van der Waals surface area contributed by atoms with Crippen LogP contribution in [0.2, 0.25) is 5.02 Å². The number of carboxylic acids is 1. The van der Waals surface area contributed by atoms with Gasteiger partial charge in [-0.05, 0) is 18.2 Å². The molecule has 1 atom stereocenters. The van der Waals surface area contributed by atoms with Gasteiger partial charge in [0.2, 0.25) is 0 Å². The smallest absolute Gasteiger partial charge is 0.345 e. The summed E-state index contributed by atoms with van der Waals surface area (Å²) < 4.78 is 24.6. The summed E-state index contributed by atoms with van der Waals surface area (Å²) in [5.41, 5.74) is 1.49. The molecular weight excluding hydrogens is 380 g/mol. The molecule has 0 saturated carbocycles. The van der Waals surface area contributed by atoms with E-state index in [9.17, 15) is 9.18 Å². The normalized spacial score (nSPS) is 15.0. The van der Waals surface area contributed by atoms with Gasteiger partial charge in [0, 0.05) is 68.9 Å². The average Bonchev–Trinajstić information content (AvgIpc) is 3.13. The van der Waals surface area contributed by atoms with Crippen LogP contribution in [0.5, 0.6) is 5.75 Å². The maximum Gasteiger partial charge on any atom is 0.345 e. The fourth-order valence-corrected chi connectivity index (χ4v) is 3.02. The Morgan fingerprint density at radius 1 is 1.36 bits per heavy atom. The minimum atomic E-state index is -1.07. The van der Waals surface area contributed by atoms with E-state index in [-0.39, 0.29) is 85.2 Å². The summed E-state index contributed by atoms with van der Waals surface area (Å²) in [6, 6.07) is 7.88. The Labute approximate surface area is 188 Å². The van der Waals surface area contributed by atoms with Gasteiger partial charge in [0.05, 0.1) is 5.39 Å². The second-order valence-electron chi connectivity index (χ2n) is 5.22. The number of aliphatic carboxylic acids is 1. The largest absolute Gasteiger partial charge is 0.478 e. The van der Waals surface area contributed by atoms with Crippen molar-refractivity contribution in [2.75, 3.05) is 0 Å². The first-order valence-corrected chi connectivity index (χ1v) is 7.19. The van der Waals surface area contributed by atoms with Crippen LogP contribution in [-0.2, 0) is 11.2 Å². The first-order valence-electron chi connectivity index (χ1n) is 6.81. The summed E-state index contributed by atoms with van der Waals surface area (Å²) in [5, 5.41) is 13.7. The van der Waals surface area contributed by atoms with E-state index >= 15 is 0 Å². The van der Waals surface area contributed by atoms with Gasteiger partial charge in [-0.15, -0.1) is 0 Å². The third-order valence-electron chi connectivity index (χ3n) is 3.81. The molecule has 0 aliphatic carbocycles. The molecule has 0 fully saturated rings. The molecule has 9 heteroatoms. The Hall–Kier alpha value is -1.00. The van der Waals surface area contributed by atoms with Crippen molar-refractivity contribution in [1.29, 1.82) is 0 Å². The summed E-state index contributed by atoms with van der Waals surface area (Å²) in [5.74, 6) is -1.22. The number of ether oxygens (including phenoxy) is 1. The molecule has 0 amide bonds. The molecule has 0 bridgehead atoms. The standard InChI is InChI=1S/C16H9ClFNO4.K.H2O/c17-12-14-7(6-11(22-14)16(20)21)5-9-13(19-23-15(9)12)8-3-1-2-4-10(8)18;;/h1-5,11H,6H2,(H,20,21);;1H2. The van der Waals surface area contributed by atoms with Crippen molar-refractivity contribution in [3.05, 3.63) is 46.7 Å². The van der Waals surface area contributed by atoms with Gasteiger partial charge in [-0.25, -0.2) is 9.18 Å². The Balaban J connectivity index is 0.00000113. The maximum absolute atomic E-state index is 14.0. The number of fused-ring (bicyclic) bond motifs is 2. The number of aromatic nitrogens is 1. The van der Waals surface area contributed by atoms with Crippen molar-refractivity contribution < 1.29 is 29.0 Å². The number of rotatable bonds is 2. The first-order chi connectivity index (χ1) is 11.1. The Kier molecular flexibility index (Phi) is 6.26. The molecule has 1 aliphatic rings. The van der Waals surface area contributed by atoms with Gasteiger partial charge < -0.3 is 19.8 Å². The second kappa shape index (κ2) is 7.71. The topological polar surface area (TPSA) is 104 Å². The fourth-order valence-electron chi connectivity index (χ4n) is 2.72. The molecule has 3 aromatic rings.